The van der Waals surface area contributed by atoms with Crippen molar-refractivity contribution in [3.63, 3.8) is 0 Å². The smallest absolute Gasteiger partial charge is 0.0616 e. The van der Waals surface area contributed by atoms with Crippen molar-refractivity contribution in [3.05, 3.63) is 79.0 Å². The summed E-state index contributed by atoms with van der Waals surface area (Å²) in [5.41, 5.74) is 2.16. The monoisotopic (exact) mass is 281 g/mol. The van der Waals surface area contributed by atoms with E-state index in [1.807, 2.05) is 22.8 Å². The summed E-state index contributed by atoms with van der Waals surface area (Å²) in [4.78, 5) is 0. The van der Waals surface area contributed by atoms with Crippen molar-refractivity contribution in [2.24, 2.45) is 0 Å². The predicted molar refractivity (Wildman–Crippen MR) is 89.9 cm³/mol. The van der Waals surface area contributed by atoms with Crippen LogP contribution in [0.5, 0.6) is 0 Å². The van der Waals surface area contributed by atoms with E-state index in [4.69, 9.17) is 5.10 Å². The molecule has 2 heteroatoms. The van der Waals surface area contributed by atoms with Crippen LogP contribution in [0.15, 0.2) is 79.0 Å². The Morgan fingerprint density at radius 3 is 1.95 bits per heavy atom. The molecule has 0 amide bonds. The lowest BCUT2D eigenvalue weighted by atomic mass is 9.97. The minimum Gasteiger partial charge on any atom is -0.0616 e. The van der Waals surface area contributed by atoms with Gasteiger partial charge in [-0.1, -0.05) is 53.0 Å². The number of pyridine rings is 1. The van der Waals surface area contributed by atoms with Crippen LogP contribution in [0.4, 0.5) is 0 Å². The highest BCUT2D eigenvalue weighted by molar-refractivity contribution is 6.24. The molecule has 0 aliphatic rings. The second-order valence-electron chi connectivity index (χ2n) is 5.57. The van der Waals surface area contributed by atoms with Crippen molar-refractivity contribution in [3.8, 4) is 0 Å². The Labute approximate surface area is 127 Å². The minimum atomic E-state index is 1.05. The lowest BCUT2D eigenvalue weighted by molar-refractivity contribution is -0.577. The van der Waals surface area contributed by atoms with Crippen LogP contribution in [-0.4, -0.2) is 5.10 Å². The number of hydrogen-bond donors (Lipinski definition) is 0. The molecule has 2 nitrogen and oxygen atoms in total. The van der Waals surface area contributed by atoms with Crippen LogP contribution in [0, 0.1) is 0 Å². The molecule has 0 spiro atoms. The number of aromatic nitrogens is 2. The van der Waals surface area contributed by atoms with Crippen LogP contribution in [0.1, 0.15) is 0 Å². The molecule has 5 aromatic rings. The van der Waals surface area contributed by atoms with Gasteiger partial charge in [0.1, 0.15) is 5.52 Å². The molecule has 0 atom stereocenters. The van der Waals surface area contributed by atoms with Crippen molar-refractivity contribution in [1.29, 1.82) is 0 Å². The topological polar surface area (TPSA) is 17.0 Å². The minimum absolute atomic E-state index is 1.05. The quantitative estimate of drug-likeness (QED) is 0.235. The number of fused-ring (bicyclic) bond motifs is 7. The molecule has 2 aromatic heterocycles. The van der Waals surface area contributed by atoms with E-state index in [0.29, 0.717) is 0 Å². The molecule has 0 bridgehead atoms. The van der Waals surface area contributed by atoms with Gasteiger partial charge in [-0.05, 0) is 22.2 Å². The van der Waals surface area contributed by atoms with E-state index >= 15 is 0 Å². The first-order valence-electron chi connectivity index (χ1n) is 7.43. The zero-order chi connectivity index (χ0) is 14.5. The van der Waals surface area contributed by atoms with E-state index in [9.17, 15) is 0 Å². The Balaban J connectivity index is 2.17. The van der Waals surface area contributed by atoms with Crippen molar-refractivity contribution in [1.82, 2.24) is 5.10 Å². The van der Waals surface area contributed by atoms with Crippen LogP contribution >= 0.6 is 0 Å². The standard InChI is InChI=1S/C20H13N2/c1-2-10-17-15(8-1)16-9-3-4-11-18(16)20-19(17)13-14-7-5-6-12-22(14)21-20/h1-13H/q+1. The van der Waals surface area contributed by atoms with Gasteiger partial charge < -0.3 is 0 Å². The molecule has 22 heavy (non-hydrogen) atoms. The number of benzene rings is 3. The van der Waals surface area contributed by atoms with Crippen LogP contribution in [0.25, 0.3) is 38.0 Å². The Hall–Kier alpha value is -3.00. The maximum atomic E-state index is 4.87. The van der Waals surface area contributed by atoms with E-state index in [-0.39, 0.29) is 0 Å². The summed E-state index contributed by atoms with van der Waals surface area (Å²) < 4.78 is 1.95. The van der Waals surface area contributed by atoms with Gasteiger partial charge in [0, 0.05) is 34.1 Å². The van der Waals surface area contributed by atoms with E-state index in [2.05, 4.69) is 60.7 Å². The zero-order valence-electron chi connectivity index (χ0n) is 11.9. The molecule has 0 unspecified atom stereocenters. The number of rotatable bonds is 0. The van der Waals surface area contributed by atoms with Gasteiger partial charge in [-0.2, -0.15) is 0 Å². The summed E-state index contributed by atoms with van der Waals surface area (Å²) in [6.45, 7) is 0. The molecular formula is C20H13N2+. The maximum Gasteiger partial charge on any atom is 0.238 e. The molecule has 2 heterocycles. The first kappa shape index (κ1) is 11.6. The summed E-state index contributed by atoms with van der Waals surface area (Å²) in [6.07, 6.45) is 2.00. The highest BCUT2D eigenvalue weighted by Gasteiger charge is 2.13. The van der Waals surface area contributed by atoms with Gasteiger partial charge in [0.15, 0.2) is 0 Å². The van der Waals surface area contributed by atoms with Crippen LogP contribution < -0.4 is 4.52 Å². The second-order valence-corrected chi connectivity index (χ2v) is 5.57. The van der Waals surface area contributed by atoms with Gasteiger partial charge in [0.2, 0.25) is 11.7 Å². The Morgan fingerprint density at radius 1 is 0.591 bits per heavy atom. The highest BCUT2D eigenvalue weighted by atomic mass is 15.2. The van der Waals surface area contributed by atoms with Gasteiger partial charge in [-0.25, -0.2) is 0 Å². The molecular weight excluding hydrogens is 268 g/mol. The molecule has 0 fully saturated rings. The van der Waals surface area contributed by atoms with E-state index in [1.54, 1.807) is 0 Å². The average molecular weight is 281 g/mol. The molecule has 5 rings (SSSR count). The summed E-state index contributed by atoms with van der Waals surface area (Å²) in [6, 6.07) is 25.5. The zero-order valence-corrected chi connectivity index (χ0v) is 11.9. The van der Waals surface area contributed by atoms with Gasteiger partial charge in [-0.3, -0.25) is 0 Å². The summed E-state index contributed by atoms with van der Waals surface area (Å²) in [5, 5.41) is 11.1. The van der Waals surface area contributed by atoms with Crippen molar-refractivity contribution in [2.75, 3.05) is 0 Å². The second kappa shape index (κ2) is 4.25. The van der Waals surface area contributed by atoms with Crippen molar-refractivity contribution < 1.29 is 4.52 Å². The lowest BCUT2D eigenvalue weighted by Crippen LogP contribution is -2.25. The third-order valence-electron chi connectivity index (χ3n) is 4.31. The largest absolute Gasteiger partial charge is 0.238 e. The average Bonchev–Trinajstić information content (AvgIpc) is 2.61. The molecule has 0 aliphatic heterocycles. The Bertz CT molecular complexity index is 1080. The Morgan fingerprint density at radius 2 is 1.18 bits per heavy atom. The Kier molecular flexibility index (Phi) is 2.25. The fraction of sp³-hybridized carbons (Fsp3) is 0. The summed E-state index contributed by atoms with van der Waals surface area (Å²) in [7, 11) is 0. The van der Waals surface area contributed by atoms with Crippen LogP contribution in [0.2, 0.25) is 0 Å². The number of hydrogen-bond acceptors (Lipinski definition) is 1. The molecule has 102 valence electrons. The summed E-state index contributed by atoms with van der Waals surface area (Å²) in [5.74, 6) is 0. The van der Waals surface area contributed by atoms with Crippen LogP contribution in [-0.2, 0) is 0 Å². The SMILES string of the molecule is c1ccc2c(c1)c1ccccc1c1n[n+]3ccccc3cc21. The first-order chi connectivity index (χ1) is 10.9. The van der Waals surface area contributed by atoms with E-state index < -0.39 is 0 Å². The van der Waals surface area contributed by atoms with Gasteiger partial charge >= 0.3 is 0 Å². The summed E-state index contributed by atoms with van der Waals surface area (Å²) >= 11 is 0. The van der Waals surface area contributed by atoms with Gasteiger partial charge in [0.25, 0.3) is 0 Å². The molecule has 0 N–H and O–H groups in total. The van der Waals surface area contributed by atoms with Gasteiger partial charge in [0.05, 0.1) is 0 Å². The van der Waals surface area contributed by atoms with Gasteiger partial charge in [-0.15, -0.1) is 0 Å². The van der Waals surface area contributed by atoms with Crippen LogP contribution in [0.3, 0.4) is 0 Å². The fourth-order valence-electron chi connectivity index (χ4n) is 3.31. The molecule has 0 aliphatic carbocycles. The van der Waals surface area contributed by atoms with E-state index in [0.717, 1.165) is 11.0 Å². The van der Waals surface area contributed by atoms with Crippen molar-refractivity contribution in [2.45, 2.75) is 0 Å². The molecule has 0 saturated carbocycles. The molecule has 3 aromatic carbocycles. The normalized spacial score (nSPS) is 11.6. The maximum absolute atomic E-state index is 4.87. The lowest BCUT2D eigenvalue weighted by Gasteiger charge is -2.07. The fourth-order valence-corrected chi connectivity index (χ4v) is 3.31. The molecule has 0 radical (unpaired) electrons. The number of nitrogens with zero attached hydrogens (tertiary/aromatic N) is 2. The molecule has 0 saturated heterocycles. The van der Waals surface area contributed by atoms with Crippen molar-refractivity contribution >= 4 is 38.0 Å². The first-order valence-corrected chi connectivity index (χ1v) is 7.43. The predicted octanol–water partition coefficient (Wildman–Crippen LogP) is 4.28. The van der Waals surface area contributed by atoms with E-state index in [1.165, 1.54) is 26.9 Å². The highest BCUT2D eigenvalue weighted by Crippen LogP contribution is 2.33. The third-order valence-corrected chi connectivity index (χ3v) is 4.31. The third kappa shape index (κ3) is 1.49.